The van der Waals surface area contributed by atoms with Gasteiger partial charge in [-0.3, -0.25) is 9.69 Å². The summed E-state index contributed by atoms with van der Waals surface area (Å²) in [5.74, 6) is 0.0576. The average molecular weight is 449 g/mol. The lowest BCUT2D eigenvalue weighted by molar-refractivity contribution is -0.0605. The van der Waals surface area contributed by atoms with Crippen LogP contribution in [-0.4, -0.2) is 79.0 Å². The summed E-state index contributed by atoms with van der Waals surface area (Å²) in [7, 11) is 0. The summed E-state index contributed by atoms with van der Waals surface area (Å²) in [6.07, 6.45) is 0.688. The average Bonchev–Trinajstić information content (AvgIpc) is 3.26. The minimum atomic E-state index is -0.591. The first-order valence-corrected chi connectivity index (χ1v) is 11.1. The molecule has 1 N–H and O–H groups in total. The van der Waals surface area contributed by atoms with Crippen molar-refractivity contribution in [1.82, 2.24) is 9.80 Å². The van der Waals surface area contributed by atoms with Crippen molar-refractivity contribution in [2.45, 2.75) is 32.6 Å². The number of amides is 1. The number of β-amino-alcohol motifs (C(OH)–C–C–N with tert-alkyl or cyclic N) is 1. The molecule has 3 rings (SSSR count). The fourth-order valence-electron chi connectivity index (χ4n) is 3.71. The predicted octanol–water partition coefficient (Wildman–Crippen LogP) is 2.80. The molecule has 0 bridgehead atoms. The Morgan fingerprint density at radius 2 is 2.09 bits per heavy atom. The van der Waals surface area contributed by atoms with Gasteiger partial charge in [-0.05, 0) is 30.2 Å². The number of ether oxygens (including phenoxy) is 2. The SMILES string of the molecule is CC(C)COCC(O)CN1CCOC(CN(Cc2ccco2)C(=O)c2ccccc2F)C1. The van der Waals surface area contributed by atoms with Crippen LogP contribution < -0.4 is 0 Å². The topological polar surface area (TPSA) is 75.4 Å². The van der Waals surface area contributed by atoms with Gasteiger partial charge in [0.1, 0.15) is 11.6 Å². The van der Waals surface area contributed by atoms with Gasteiger partial charge in [-0.2, -0.15) is 0 Å². The summed E-state index contributed by atoms with van der Waals surface area (Å²) in [5.41, 5.74) is 0.0180. The Morgan fingerprint density at radius 3 is 2.81 bits per heavy atom. The van der Waals surface area contributed by atoms with Crippen molar-refractivity contribution in [3.05, 3.63) is 59.8 Å². The van der Waals surface area contributed by atoms with Gasteiger partial charge in [-0.25, -0.2) is 4.39 Å². The maximum absolute atomic E-state index is 14.3. The number of hydrogen-bond acceptors (Lipinski definition) is 6. The van der Waals surface area contributed by atoms with Crippen molar-refractivity contribution in [2.24, 2.45) is 5.92 Å². The first kappa shape index (κ1) is 24.4. The van der Waals surface area contributed by atoms with E-state index >= 15 is 0 Å². The molecular formula is C24H33FN2O5. The number of nitrogens with zero attached hydrogens (tertiary/aromatic N) is 2. The van der Waals surface area contributed by atoms with Gasteiger partial charge in [-0.15, -0.1) is 0 Å². The summed E-state index contributed by atoms with van der Waals surface area (Å²) in [6.45, 7) is 7.74. The van der Waals surface area contributed by atoms with Crippen molar-refractivity contribution in [1.29, 1.82) is 0 Å². The Bertz CT molecular complexity index is 830. The van der Waals surface area contributed by atoms with E-state index < -0.39 is 17.8 Å². The molecule has 1 amide bonds. The molecule has 1 aromatic carbocycles. The van der Waals surface area contributed by atoms with Crippen molar-refractivity contribution < 1.29 is 28.2 Å². The zero-order valence-electron chi connectivity index (χ0n) is 18.8. The lowest BCUT2D eigenvalue weighted by Gasteiger charge is -2.36. The molecule has 2 heterocycles. The predicted molar refractivity (Wildman–Crippen MR) is 118 cm³/mol. The van der Waals surface area contributed by atoms with Gasteiger partial charge in [0.25, 0.3) is 5.91 Å². The van der Waals surface area contributed by atoms with E-state index in [1.54, 1.807) is 35.4 Å². The number of carbonyl (C=O) groups excluding carboxylic acids is 1. The molecule has 2 atom stereocenters. The monoisotopic (exact) mass is 448 g/mol. The minimum absolute atomic E-state index is 0.0180. The number of furan rings is 1. The molecule has 7 nitrogen and oxygen atoms in total. The number of morpholine rings is 1. The molecule has 0 radical (unpaired) electrons. The molecule has 1 fully saturated rings. The van der Waals surface area contributed by atoms with E-state index in [4.69, 9.17) is 13.9 Å². The molecule has 0 aliphatic carbocycles. The number of benzene rings is 1. The molecule has 1 aliphatic heterocycles. The van der Waals surface area contributed by atoms with Gasteiger partial charge in [-0.1, -0.05) is 26.0 Å². The van der Waals surface area contributed by atoms with Crippen molar-refractivity contribution in [3.63, 3.8) is 0 Å². The second kappa shape index (κ2) is 12.1. The van der Waals surface area contributed by atoms with Crippen LogP contribution in [0.1, 0.15) is 30.0 Å². The highest BCUT2D eigenvalue weighted by Gasteiger charge is 2.28. The highest BCUT2D eigenvalue weighted by molar-refractivity contribution is 5.94. The van der Waals surface area contributed by atoms with Crippen LogP contribution in [0.2, 0.25) is 0 Å². The molecule has 2 unspecified atom stereocenters. The Hall–Kier alpha value is -2.26. The fraction of sp³-hybridized carbons (Fsp3) is 0.542. The Balaban J connectivity index is 1.61. The van der Waals surface area contributed by atoms with Gasteiger partial charge in [0, 0.05) is 32.8 Å². The third-order valence-corrected chi connectivity index (χ3v) is 5.20. The van der Waals surface area contributed by atoms with E-state index in [9.17, 15) is 14.3 Å². The van der Waals surface area contributed by atoms with E-state index in [-0.39, 0.29) is 31.4 Å². The van der Waals surface area contributed by atoms with Crippen LogP contribution in [0.25, 0.3) is 0 Å². The largest absolute Gasteiger partial charge is 0.467 e. The highest BCUT2D eigenvalue weighted by Crippen LogP contribution is 2.16. The van der Waals surface area contributed by atoms with Crippen LogP contribution in [0.4, 0.5) is 4.39 Å². The minimum Gasteiger partial charge on any atom is -0.467 e. The van der Waals surface area contributed by atoms with Crippen LogP contribution in [0.5, 0.6) is 0 Å². The molecular weight excluding hydrogens is 415 g/mol. The van der Waals surface area contributed by atoms with Crippen LogP contribution in [0, 0.1) is 11.7 Å². The first-order chi connectivity index (χ1) is 15.4. The van der Waals surface area contributed by atoms with E-state index in [0.29, 0.717) is 44.5 Å². The zero-order valence-corrected chi connectivity index (χ0v) is 18.8. The molecule has 1 aromatic heterocycles. The molecule has 1 saturated heterocycles. The van der Waals surface area contributed by atoms with Crippen molar-refractivity contribution in [3.8, 4) is 0 Å². The van der Waals surface area contributed by atoms with Crippen LogP contribution >= 0.6 is 0 Å². The Morgan fingerprint density at radius 1 is 1.28 bits per heavy atom. The number of carbonyl (C=O) groups is 1. The Labute approximate surface area is 188 Å². The zero-order chi connectivity index (χ0) is 22.9. The maximum atomic E-state index is 14.3. The fourth-order valence-corrected chi connectivity index (χ4v) is 3.71. The normalized spacial score (nSPS) is 18.1. The number of hydrogen-bond donors (Lipinski definition) is 1. The number of aliphatic hydroxyl groups excluding tert-OH is 1. The molecule has 1 aliphatic rings. The van der Waals surface area contributed by atoms with Crippen molar-refractivity contribution >= 4 is 5.91 Å². The Kier molecular flexibility index (Phi) is 9.23. The van der Waals surface area contributed by atoms with Gasteiger partial charge in [0.15, 0.2) is 0 Å². The van der Waals surface area contributed by atoms with Crippen molar-refractivity contribution in [2.75, 3.05) is 46.0 Å². The van der Waals surface area contributed by atoms with E-state index in [1.165, 1.54) is 12.1 Å². The van der Waals surface area contributed by atoms with Crippen LogP contribution in [0.15, 0.2) is 47.1 Å². The number of halogens is 1. The summed E-state index contributed by atoms with van der Waals surface area (Å²) in [6, 6.07) is 9.49. The molecule has 176 valence electrons. The maximum Gasteiger partial charge on any atom is 0.257 e. The van der Waals surface area contributed by atoms with E-state index in [1.807, 2.05) is 0 Å². The quantitative estimate of drug-likeness (QED) is 0.570. The number of rotatable bonds is 11. The van der Waals surface area contributed by atoms with Gasteiger partial charge in [0.05, 0.1) is 43.8 Å². The molecule has 2 aromatic rings. The standard InChI is InChI=1S/C24H33FN2O5/c1-18(2)16-30-17-19(28)12-26-9-11-32-21(13-26)15-27(14-20-6-5-10-31-20)24(29)22-7-3-4-8-23(22)25/h3-8,10,18-19,21,28H,9,11-17H2,1-2H3. The smallest absolute Gasteiger partial charge is 0.257 e. The van der Waals surface area contributed by atoms with E-state index in [2.05, 4.69) is 18.7 Å². The lowest BCUT2D eigenvalue weighted by atomic mass is 10.1. The summed E-state index contributed by atoms with van der Waals surface area (Å²) < 4.78 is 31.1. The molecule has 8 heteroatoms. The van der Waals surface area contributed by atoms with Gasteiger partial charge in [0.2, 0.25) is 0 Å². The summed E-state index contributed by atoms with van der Waals surface area (Å²) in [5, 5.41) is 10.3. The second-order valence-electron chi connectivity index (χ2n) is 8.58. The molecule has 0 saturated carbocycles. The van der Waals surface area contributed by atoms with E-state index in [0.717, 1.165) is 0 Å². The third kappa shape index (κ3) is 7.41. The number of aliphatic hydroxyl groups is 1. The van der Waals surface area contributed by atoms with Crippen LogP contribution in [-0.2, 0) is 16.0 Å². The van der Waals surface area contributed by atoms with Gasteiger partial charge >= 0.3 is 0 Å². The third-order valence-electron chi connectivity index (χ3n) is 5.20. The van der Waals surface area contributed by atoms with Gasteiger partial charge < -0.3 is 23.9 Å². The van der Waals surface area contributed by atoms with Crippen LogP contribution in [0.3, 0.4) is 0 Å². The molecule has 0 spiro atoms. The summed E-state index contributed by atoms with van der Waals surface area (Å²) in [4.78, 5) is 16.8. The highest BCUT2D eigenvalue weighted by atomic mass is 19.1. The first-order valence-electron chi connectivity index (χ1n) is 11.1. The second-order valence-corrected chi connectivity index (χ2v) is 8.58. The molecule has 32 heavy (non-hydrogen) atoms. The summed E-state index contributed by atoms with van der Waals surface area (Å²) >= 11 is 0. The lowest BCUT2D eigenvalue weighted by Crippen LogP contribution is -2.50.